The third-order valence-electron chi connectivity index (χ3n) is 3.65. The Hall–Kier alpha value is 1.70. The molecule has 109 valence electrons. The van der Waals surface area contributed by atoms with Crippen LogP contribution in [0.5, 0.6) is 0 Å². The minimum absolute atomic E-state index is 0. The maximum absolute atomic E-state index is 9.26. The van der Waals surface area contributed by atoms with Crippen LogP contribution in [0.4, 0.5) is 0 Å². The molecular formula is C11H18AcCl3NO3. The van der Waals surface area contributed by atoms with Gasteiger partial charge in [0.05, 0.1) is 12.7 Å². The van der Waals surface area contributed by atoms with Crippen molar-refractivity contribution < 1.29 is 58.6 Å². The molecule has 1 aliphatic heterocycles. The van der Waals surface area contributed by atoms with E-state index in [2.05, 4.69) is 6.92 Å². The quantitative estimate of drug-likeness (QED) is 0.319. The summed E-state index contributed by atoms with van der Waals surface area (Å²) in [5.41, 5.74) is 0. The first-order valence-corrected chi connectivity index (χ1v) is 6.90. The molecule has 1 fully saturated rings. The summed E-state index contributed by atoms with van der Waals surface area (Å²) in [7, 11) is 0. The molecule has 1 saturated heterocycles. The summed E-state index contributed by atoms with van der Waals surface area (Å²) in [5.74, 6) is 0.0363. The average Bonchev–Trinajstić information content (AvgIpc) is 2.28. The molecule has 0 saturated carbocycles. The zero-order valence-corrected chi connectivity index (χ0v) is 18.1. The van der Waals surface area contributed by atoms with Crippen molar-refractivity contribution in [2.75, 3.05) is 6.61 Å². The van der Waals surface area contributed by atoms with Crippen molar-refractivity contribution in [3.8, 4) is 0 Å². The fourth-order valence-electron chi connectivity index (χ4n) is 2.01. The first-order valence-electron chi connectivity index (χ1n) is 5.77. The Kier molecular flexibility index (Phi) is 9.11. The molecule has 1 rings (SSSR count). The first-order chi connectivity index (χ1) is 8.18. The van der Waals surface area contributed by atoms with Crippen LogP contribution in [0.1, 0.15) is 20.8 Å². The first kappa shape index (κ1) is 20.7. The normalized spacial score (nSPS) is 35.4. The number of alkyl halides is 3. The molecule has 0 aromatic carbocycles. The van der Waals surface area contributed by atoms with E-state index in [0.29, 0.717) is 0 Å². The van der Waals surface area contributed by atoms with E-state index in [-0.39, 0.29) is 74.5 Å². The van der Waals surface area contributed by atoms with Crippen molar-refractivity contribution in [3.63, 3.8) is 0 Å². The topological polar surface area (TPSA) is 62.5 Å². The van der Waals surface area contributed by atoms with Gasteiger partial charge in [-0.15, -0.1) is 0 Å². The monoisotopic (exact) mass is 544 g/mol. The summed E-state index contributed by atoms with van der Waals surface area (Å²) in [6, 6.07) is 0. The van der Waals surface area contributed by atoms with Crippen molar-refractivity contribution >= 4 is 40.7 Å². The molecule has 1 heterocycles. The Labute approximate surface area is 164 Å². The second-order valence-electron chi connectivity index (χ2n) is 4.75. The fraction of sp³-hybridized carbons (Fsp3) is 0.909. The number of rotatable bonds is 2. The van der Waals surface area contributed by atoms with Crippen LogP contribution in [0.3, 0.4) is 0 Å². The van der Waals surface area contributed by atoms with E-state index in [0.717, 1.165) is 0 Å². The summed E-state index contributed by atoms with van der Waals surface area (Å²) in [4.78, 5) is 0. The predicted octanol–water partition coefficient (Wildman–Crippen LogP) is 2.98. The Bertz CT molecular complexity index is 312. The molecule has 3 unspecified atom stereocenters. The molecule has 2 N–H and O–H groups in total. The summed E-state index contributed by atoms with van der Waals surface area (Å²) < 4.78 is 8.98. The van der Waals surface area contributed by atoms with Crippen LogP contribution >= 0.6 is 34.8 Å². The van der Waals surface area contributed by atoms with E-state index in [1.54, 1.807) is 0 Å². The number of aliphatic hydroxyl groups is 1. The number of halogens is 3. The van der Waals surface area contributed by atoms with E-state index in [1.807, 2.05) is 13.8 Å². The van der Waals surface area contributed by atoms with E-state index >= 15 is 0 Å². The second kappa shape index (κ2) is 8.36. The number of ether oxygens (including phenoxy) is 2. The van der Waals surface area contributed by atoms with Gasteiger partial charge in [-0.05, 0) is 11.8 Å². The van der Waals surface area contributed by atoms with Gasteiger partial charge in [0.15, 0.2) is 0 Å². The molecule has 8 heteroatoms. The van der Waals surface area contributed by atoms with Gasteiger partial charge in [-0.1, -0.05) is 55.6 Å². The van der Waals surface area contributed by atoms with Gasteiger partial charge in [-0.2, -0.15) is 0 Å². The van der Waals surface area contributed by atoms with E-state index in [9.17, 15) is 5.11 Å². The minimum Gasteiger partial charge on any atom is -0.448 e. The van der Waals surface area contributed by atoms with E-state index in [4.69, 9.17) is 49.7 Å². The summed E-state index contributed by atoms with van der Waals surface area (Å²) in [6.07, 6.45) is -1.01. The molecule has 0 aromatic rings. The molecule has 0 spiro atoms. The zero-order valence-electron chi connectivity index (χ0n) is 11.1. The van der Waals surface area contributed by atoms with Crippen LogP contribution in [-0.2, 0) is 9.47 Å². The second-order valence-corrected chi connectivity index (χ2v) is 7.03. The molecule has 0 bridgehead atoms. The van der Waals surface area contributed by atoms with Gasteiger partial charge >= 0.3 is 0 Å². The van der Waals surface area contributed by atoms with Gasteiger partial charge in [-0.3, -0.25) is 5.41 Å². The van der Waals surface area contributed by atoms with E-state index < -0.39 is 16.0 Å². The van der Waals surface area contributed by atoms with Crippen LogP contribution in [0, 0.1) is 67.2 Å². The molecule has 0 amide bonds. The number of nitrogens with one attached hydrogen (secondary N) is 1. The average molecular weight is 546 g/mol. The van der Waals surface area contributed by atoms with Gasteiger partial charge in [-0.25, -0.2) is 0 Å². The molecular weight excluding hydrogens is 527 g/mol. The van der Waals surface area contributed by atoms with Crippen LogP contribution in [0.2, 0.25) is 0 Å². The van der Waals surface area contributed by atoms with Gasteiger partial charge in [0.2, 0.25) is 12.2 Å². The van der Waals surface area contributed by atoms with Gasteiger partial charge in [0.25, 0.3) is 3.79 Å². The van der Waals surface area contributed by atoms with Crippen molar-refractivity contribution in [1.29, 1.82) is 5.41 Å². The Morgan fingerprint density at radius 1 is 1.21 bits per heavy atom. The molecule has 0 aliphatic carbocycles. The molecule has 1 radical (unpaired) electrons. The summed E-state index contributed by atoms with van der Waals surface area (Å²) in [5, 5.41) is 16.8. The number of aliphatic hydroxyl groups excluding tert-OH is 1. The molecule has 0 aromatic heterocycles. The van der Waals surface area contributed by atoms with Crippen LogP contribution in [0.15, 0.2) is 0 Å². The van der Waals surface area contributed by atoms with Crippen molar-refractivity contribution in [2.24, 2.45) is 17.8 Å². The SMILES string of the molecule is CC1C(C)[C@@H](C)C(CO)O[C@H]1OC(=N)C(Cl)(Cl)Cl.[Ac]. The Morgan fingerprint density at radius 3 is 2.16 bits per heavy atom. The van der Waals surface area contributed by atoms with Gasteiger partial charge < -0.3 is 14.6 Å². The largest absolute Gasteiger partial charge is 0.448 e. The van der Waals surface area contributed by atoms with Crippen LogP contribution in [-0.4, -0.2) is 33.8 Å². The summed E-state index contributed by atoms with van der Waals surface area (Å²) in [6.45, 7) is 5.92. The third-order valence-corrected chi connectivity index (χ3v) is 4.17. The maximum atomic E-state index is 9.26. The number of hydrogen-bond acceptors (Lipinski definition) is 4. The predicted molar refractivity (Wildman–Crippen MR) is 72.3 cm³/mol. The molecule has 19 heavy (non-hydrogen) atoms. The Morgan fingerprint density at radius 2 is 1.74 bits per heavy atom. The third kappa shape index (κ3) is 5.44. The van der Waals surface area contributed by atoms with Crippen molar-refractivity contribution in [3.05, 3.63) is 0 Å². The van der Waals surface area contributed by atoms with Gasteiger partial charge in [0, 0.05) is 50.0 Å². The number of hydrogen-bond donors (Lipinski definition) is 2. The van der Waals surface area contributed by atoms with Gasteiger partial charge in [0.1, 0.15) is 0 Å². The standard InChI is InChI=1S/C11H18Cl3NO3.Ac/c1-5-6(2)8(4-16)17-9(7(5)3)18-10(15)11(12,13)14;/h5-9,15-16H,4H2,1-3H3;/t5?,6-,7?,8?,9+;/m1./s1. The smallest absolute Gasteiger partial charge is 0.265 e. The Balaban J connectivity index is 0.00000324. The van der Waals surface area contributed by atoms with Crippen molar-refractivity contribution in [2.45, 2.75) is 37.0 Å². The zero-order chi connectivity index (χ0) is 14.1. The molecule has 5 atom stereocenters. The fourth-order valence-corrected chi connectivity index (χ4v) is 2.15. The maximum Gasteiger partial charge on any atom is 0.265 e. The molecule has 4 nitrogen and oxygen atoms in total. The van der Waals surface area contributed by atoms with E-state index in [1.165, 1.54) is 0 Å². The molecule has 1 aliphatic rings. The van der Waals surface area contributed by atoms with Crippen LogP contribution < -0.4 is 0 Å². The minimum atomic E-state index is -1.90. The summed E-state index contributed by atoms with van der Waals surface area (Å²) >= 11 is 16.7. The van der Waals surface area contributed by atoms with Crippen molar-refractivity contribution in [1.82, 2.24) is 0 Å². The van der Waals surface area contributed by atoms with Crippen LogP contribution in [0.25, 0.3) is 0 Å².